The molecule has 1 aromatic carbocycles. The zero-order valence-corrected chi connectivity index (χ0v) is 12.8. The molecule has 4 N–H and O–H groups in total. The van der Waals surface area contributed by atoms with Crippen LogP contribution >= 0.6 is 7.14 Å². The minimum atomic E-state index is -2.70. The lowest BCUT2D eigenvalue weighted by Crippen LogP contribution is -2.31. The Balaban J connectivity index is 2.78. The molecule has 2 atom stereocenters. The maximum atomic E-state index is 12.7. The van der Waals surface area contributed by atoms with Gasteiger partial charge in [-0.15, -0.1) is 0 Å². The van der Waals surface area contributed by atoms with Gasteiger partial charge in [0.2, 0.25) is 0 Å². The second-order valence-electron chi connectivity index (χ2n) is 5.12. The molecule has 0 aliphatic rings. The third-order valence-electron chi connectivity index (χ3n) is 3.27. The van der Waals surface area contributed by atoms with E-state index in [2.05, 4.69) is 0 Å². The zero-order valence-electron chi connectivity index (χ0n) is 11.9. The van der Waals surface area contributed by atoms with Crippen LogP contribution < -0.4 is 11.0 Å². The van der Waals surface area contributed by atoms with Crippen molar-refractivity contribution < 1.29 is 24.4 Å². The summed E-state index contributed by atoms with van der Waals surface area (Å²) in [5, 5.41) is 18.0. The van der Waals surface area contributed by atoms with E-state index < -0.39 is 25.1 Å². The molecule has 1 rings (SSSR count). The molecule has 0 spiro atoms. The van der Waals surface area contributed by atoms with Gasteiger partial charge in [0.1, 0.15) is 13.2 Å². The number of carboxylic acids is 2. The van der Waals surface area contributed by atoms with Crippen LogP contribution in [0.25, 0.3) is 0 Å². The molecule has 0 fully saturated rings. The van der Waals surface area contributed by atoms with Crippen molar-refractivity contribution in [3.05, 3.63) is 29.8 Å². The molecule has 0 amide bonds. The van der Waals surface area contributed by atoms with Gasteiger partial charge in [0, 0.05) is 17.9 Å². The zero-order chi connectivity index (χ0) is 16.0. The highest BCUT2D eigenvalue weighted by molar-refractivity contribution is 7.70. The van der Waals surface area contributed by atoms with E-state index in [-0.39, 0.29) is 19.0 Å². The normalized spacial score (nSPS) is 15.1. The Bertz CT molecular complexity index is 572. The van der Waals surface area contributed by atoms with E-state index in [1.807, 2.05) is 0 Å². The van der Waals surface area contributed by atoms with Gasteiger partial charge in [-0.2, -0.15) is 0 Å². The van der Waals surface area contributed by atoms with Crippen molar-refractivity contribution in [3.8, 4) is 0 Å². The maximum Gasteiger partial charge on any atom is 0.320 e. The van der Waals surface area contributed by atoms with Crippen molar-refractivity contribution in [2.24, 2.45) is 5.73 Å². The van der Waals surface area contributed by atoms with E-state index >= 15 is 0 Å². The van der Waals surface area contributed by atoms with Crippen molar-refractivity contribution in [2.75, 3.05) is 12.8 Å². The van der Waals surface area contributed by atoms with Crippen LogP contribution in [0.3, 0.4) is 0 Å². The number of carboxylic acid groups (broad SMARTS) is 2. The maximum absolute atomic E-state index is 12.7. The van der Waals surface area contributed by atoms with Gasteiger partial charge in [-0.25, -0.2) is 0 Å². The number of nitrogens with two attached hydrogens (primary N) is 1. The van der Waals surface area contributed by atoms with Crippen molar-refractivity contribution in [2.45, 2.75) is 25.3 Å². The summed E-state index contributed by atoms with van der Waals surface area (Å²) in [5.41, 5.74) is 6.23. The second-order valence-corrected chi connectivity index (χ2v) is 8.29. The molecule has 1 aromatic rings. The summed E-state index contributed by atoms with van der Waals surface area (Å²) in [6.07, 6.45) is 0.741. The number of hydrogen-bond donors (Lipinski definition) is 3. The minimum Gasteiger partial charge on any atom is -0.481 e. The van der Waals surface area contributed by atoms with Gasteiger partial charge in [0.05, 0.1) is 0 Å². The van der Waals surface area contributed by atoms with E-state index in [0.717, 1.165) is 5.56 Å². The lowest BCUT2D eigenvalue weighted by Gasteiger charge is -2.16. The molecule has 0 aliphatic heterocycles. The molecular formula is C14H20NO5P. The van der Waals surface area contributed by atoms with E-state index in [1.165, 1.54) is 0 Å². The van der Waals surface area contributed by atoms with Crippen molar-refractivity contribution in [1.82, 2.24) is 0 Å². The average Bonchev–Trinajstić information content (AvgIpc) is 2.42. The summed E-state index contributed by atoms with van der Waals surface area (Å²) in [5.74, 6) is -1.99. The molecule has 6 nitrogen and oxygen atoms in total. The Morgan fingerprint density at radius 2 is 2.00 bits per heavy atom. The van der Waals surface area contributed by atoms with Gasteiger partial charge in [-0.1, -0.05) is 18.2 Å². The molecule has 0 saturated carbocycles. The summed E-state index contributed by atoms with van der Waals surface area (Å²) in [6, 6.07) is 5.95. The first-order chi connectivity index (χ1) is 9.72. The third-order valence-corrected chi connectivity index (χ3v) is 5.75. The fraction of sp³-hybridized carbons (Fsp3) is 0.429. The predicted molar refractivity (Wildman–Crippen MR) is 80.7 cm³/mol. The van der Waals surface area contributed by atoms with Crippen LogP contribution in [-0.2, 0) is 20.6 Å². The summed E-state index contributed by atoms with van der Waals surface area (Å²) in [6.45, 7) is 1.60. The van der Waals surface area contributed by atoms with Crippen LogP contribution in [-0.4, -0.2) is 41.0 Å². The minimum absolute atomic E-state index is 0.0152. The van der Waals surface area contributed by atoms with Gasteiger partial charge in [-0.3, -0.25) is 9.59 Å². The standard InChI is InChI=1S/C14H20NO5P/c1-21(20,8-7-12(15)14(18)19)11-4-2-3-10(9-11)5-6-13(16)17/h2-4,9,12H,5-8,15H2,1H3,(H,16,17)(H,18,19). The molecule has 116 valence electrons. The van der Waals surface area contributed by atoms with Crippen molar-refractivity contribution >= 4 is 24.4 Å². The number of rotatable bonds is 8. The summed E-state index contributed by atoms with van der Waals surface area (Å²) < 4.78 is 12.7. The van der Waals surface area contributed by atoms with E-state index in [1.54, 1.807) is 30.9 Å². The second kappa shape index (κ2) is 7.38. The van der Waals surface area contributed by atoms with Gasteiger partial charge < -0.3 is 20.5 Å². The van der Waals surface area contributed by atoms with Gasteiger partial charge >= 0.3 is 11.9 Å². The number of benzene rings is 1. The average molecular weight is 313 g/mol. The van der Waals surface area contributed by atoms with Crippen LogP contribution in [0, 0.1) is 0 Å². The van der Waals surface area contributed by atoms with Crippen LogP contribution in [0.4, 0.5) is 0 Å². The summed E-state index contributed by atoms with van der Waals surface area (Å²) >= 11 is 0. The largest absolute Gasteiger partial charge is 0.481 e. The van der Waals surface area contributed by atoms with Crippen LogP contribution in [0.2, 0.25) is 0 Å². The highest BCUT2D eigenvalue weighted by Crippen LogP contribution is 2.40. The number of carbonyl (C=O) groups is 2. The smallest absolute Gasteiger partial charge is 0.320 e. The number of hydrogen-bond acceptors (Lipinski definition) is 4. The van der Waals surface area contributed by atoms with Gasteiger partial charge in [0.25, 0.3) is 0 Å². The van der Waals surface area contributed by atoms with E-state index in [4.69, 9.17) is 15.9 Å². The Morgan fingerprint density at radius 1 is 1.33 bits per heavy atom. The third kappa shape index (κ3) is 5.69. The Kier molecular flexibility index (Phi) is 6.12. The van der Waals surface area contributed by atoms with Crippen LogP contribution in [0.5, 0.6) is 0 Å². The molecule has 0 aliphatic carbocycles. The molecule has 7 heteroatoms. The lowest BCUT2D eigenvalue weighted by molar-refractivity contribution is -0.139. The van der Waals surface area contributed by atoms with Crippen LogP contribution in [0.15, 0.2) is 24.3 Å². The fourth-order valence-electron chi connectivity index (χ4n) is 1.90. The fourth-order valence-corrected chi connectivity index (χ4v) is 3.76. The molecule has 0 aromatic heterocycles. The summed E-state index contributed by atoms with van der Waals surface area (Å²) in [7, 11) is -2.70. The van der Waals surface area contributed by atoms with Crippen LogP contribution in [0.1, 0.15) is 18.4 Å². The number of aliphatic carboxylic acids is 2. The van der Waals surface area contributed by atoms with Crippen molar-refractivity contribution in [1.29, 1.82) is 0 Å². The van der Waals surface area contributed by atoms with Crippen molar-refractivity contribution in [3.63, 3.8) is 0 Å². The molecule has 0 bridgehead atoms. The first-order valence-electron chi connectivity index (χ1n) is 6.58. The van der Waals surface area contributed by atoms with Gasteiger partial charge in [-0.05, 0) is 31.1 Å². The number of aryl methyl sites for hydroxylation is 1. The summed E-state index contributed by atoms with van der Waals surface area (Å²) in [4.78, 5) is 21.3. The van der Waals surface area contributed by atoms with E-state index in [0.29, 0.717) is 11.7 Å². The predicted octanol–water partition coefficient (Wildman–Crippen LogP) is 1.12. The van der Waals surface area contributed by atoms with E-state index in [9.17, 15) is 14.2 Å². The monoisotopic (exact) mass is 313 g/mol. The lowest BCUT2D eigenvalue weighted by atomic mass is 10.1. The highest BCUT2D eigenvalue weighted by Gasteiger charge is 2.22. The molecule has 21 heavy (non-hydrogen) atoms. The quantitative estimate of drug-likeness (QED) is 0.619. The molecule has 0 saturated heterocycles. The highest BCUT2D eigenvalue weighted by atomic mass is 31.2. The Labute approximate surface area is 123 Å². The Morgan fingerprint density at radius 3 is 2.57 bits per heavy atom. The molecule has 0 heterocycles. The Hall–Kier alpha value is -1.65. The first-order valence-corrected chi connectivity index (χ1v) is 8.92. The molecule has 0 radical (unpaired) electrons. The van der Waals surface area contributed by atoms with Gasteiger partial charge in [0.15, 0.2) is 0 Å². The molecular weight excluding hydrogens is 293 g/mol. The topological polar surface area (TPSA) is 118 Å². The first kappa shape index (κ1) is 17.4. The SMILES string of the molecule is CP(=O)(CCC(N)C(=O)O)c1cccc(CCC(=O)O)c1. The molecule has 2 unspecified atom stereocenters.